The van der Waals surface area contributed by atoms with Crippen molar-refractivity contribution < 1.29 is 4.74 Å². The van der Waals surface area contributed by atoms with Gasteiger partial charge in [0.15, 0.2) is 5.65 Å². The number of H-pyrrole nitrogens is 1. The fourth-order valence-corrected chi connectivity index (χ4v) is 2.80. The third-order valence-corrected chi connectivity index (χ3v) is 4.11. The molecule has 1 aliphatic heterocycles. The summed E-state index contributed by atoms with van der Waals surface area (Å²) in [6, 6.07) is 3.97. The van der Waals surface area contributed by atoms with E-state index in [9.17, 15) is 0 Å². The first-order valence-electron chi connectivity index (χ1n) is 7.80. The van der Waals surface area contributed by atoms with Crippen LogP contribution in [0.4, 0.5) is 5.95 Å². The van der Waals surface area contributed by atoms with Gasteiger partial charge in [0.2, 0.25) is 5.95 Å². The number of aromatic amines is 1. The number of hydrogen-bond donors (Lipinski definition) is 1. The molecule has 3 aromatic heterocycles. The van der Waals surface area contributed by atoms with Crippen LogP contribution in [-0.4, -0.2) is 44.3 Å². The van der Waals surface area contributed by atoms with Crippen molar-refractivity contribution in [2.24, 2.45) is 0 Å². The molecule has 7 nitrogen and oxygen atoms in total. The molecule has 1 aliphatic rings. The maximum atomic E-state index is 5.99. The van der Waals surface area contributed by atoms with E-state index < -0.39 is 0 Å². The predicted molar refractivity (Wildman–Crippen MR) is 100 cm³/mol. The molecule has 0 spiro atoms. The van der Waals surface area contributed by atoms with Gasteiger partial charge in [-0.1, -0.05) is 6.07 Å². The average Bonchev–Trinajstić information content (AvgIpc) is 3.09. The van der Waals surface area contributed by atoms with Crippen molar-refractivity contribution in [2.45, 2.75) is 25.6 Å². The van der Waals surface area contributed by atoms with Crippen molar-refractivity contribution in [3.63, 3.8) is 0 Å². The van der Waals surface area contributed by atoms with Crippen LogP contribution in [0.3, 0.4) is 0 Å². The lowest BCUT2D eigenvalue weighted by atomic mass is 10.1. The number of nitrogens with zero attached hydrogens (tertiary/aromatic N) is 5. The molecular weight excluding hydrogens is 363 g/mol. The number of aromatic nitrogens is 5. The number of pyridine rings is 1. The highest BCUT2D eigenvalue weighted by Gasteiger charge is 2.21. The van der Waals surface area contributed by atoms with Crippen molar-refractivity contribution in [3.8, 4) is 0 Å². The van der Waals surface area contributed by atoms with E-state index in [-0.39, 0.29) is 30.9 Å². The lowest BCUT2D eigenvalue weighted by Crippen LogP contribution is -2.38. The summed E-state index contributed by atoms with van der Waals surface area (Å²) in [7, 11) is 0. The van der Waals surface area contributed by atoms with Crippen molar-refractivity contribution in [1.82, 2.24) is 25.1 Å². The Bertz CT molecular complexity index is 776. The Morgan fingerprint density at radius 1 is 1.16 bits per heavy atom. The molecule has 4 heterocycles. The van der Waals surface area contributed by atoms with Crippen LogP contribution in [-0.2, 0) is 11.3 Å². The van der Waals surface area contributed by atoms with Crippen LogP contribution in [0.25, 0.3) is 11.0 Å². The highest BCUT2D eigenvalue weighted by molar-refractivity contribution is 5.85. The highest BCUT2D eigenvalue weighted by atomic mass is 35.5. The normalized spacial score (nSPS) is 14.8. The molecule has 9 heteroatoms. The molecule has 1 N–H and O–H groups in total. The maximum Gasteiger partial charge on any atom is 0.227 e. The number of anilines is 1. The lowest BCUT2D eigenvalue weighted by molar-refractivity contribution is 0.0248. The van der Waals surface area contributed by atoms with Crippen molar-refractivity contribution in [1.29, 1.82) is 0 Å². The second kappa shape index (κ2) is 8.94. The van der Waals surface area contributed by atoms with Crippen LogP contribution in [0.15, 0.2) is 36.9 Å². The molecule has 3 aromatic rings. The summed E-state index contributed by atoms with van der Waals surface area (Å²) in [5.41, 5.74) is 1.90. The molecule has 25 heavy (non-hydrogen) atoms. The van der Waals surface area contributed by atoms with Crippen molar-refractivity contribution >= 4 is 41.8 Å². The highest BCUT2D eigenvalue weighted by Crippen LogP contribution is 2.20. The Morgan fingerprint density at radius 3 is 2.76 bits per heavy atom. The molecule has 0 aromatic carbocycles. The Hall–Kier alpha value is -1.96. The average molecular weight is 383 g/mol. The smallest absolute Gasteiger partial charge is 0.227 e. The second-order valence-electron chi connectivity index (χ2n) is 5.70. The lowest BCUT2D eigenvalue weighted by Gasteiger charge is -2.31. The maximum absolute atomic E-state index is 5.99. The Morgan fingerprint density at radius 2 is 2.00 bits per heavy atom. The van der Waals surface area contributed by atoms with Gasteiger partial charge in [0.25, 0.3) is 0 Å². The van der Waals surface area contributed by atoms with Gasteiger partial charge < -0.3 is 9.64 Å². The minimum atomic E-state index is 0. The van der Waals surface area contributed by atoms with E-state index in [1.165, 1.54) is 0 Å². The standard InChI is InChI=1S/C16H18N6O.2ClH/c1-2-12(8-17-5-1)11-23-14-3-6-22(7-4-14)16-18-9-13-10-19-21-15(13)20-16;;/h1-2,5,8-10,14H,3-4,6-7,11H2,(H,18,19,20,21);2*1H. The van der Waals surface area contributed by atoms with Crippen LogP contribution < -0.4 is 4.90 Å². The molecule has 0 unspecified atom stereocenters. The number of rotatable bonds is 4. The molecule has 1 saturated heterocycles. The number of hydrogen-bond acceptors (Lipinski definition) is 6. The van der Waals surface area contributed by atoms with E-state index in [0.717, 1.165) is 48.5 Å². The zero-order chi connectivity index (χ0) is 15.5. The first-order chi connectivity index (χ1) is 11.4. The largest absolute Gasteiger partial charge is 0.373 e. The SMILES string of the molecule is Cl.Cl.c1cncc(COC2CCN(c3ncc4cn[nH]c4n3)CC2)c1. The van der Waals surface area contributed by atoms with Crippen molar-refractivity contribution in [3.05, 3.63) is 42.5 Å². The third kappa shape index (κ3) is 4.56. The first-order valence-corrected chi connectivity index (χ1v) is 7.80. The van der Waals surface area contributed by atoms with Gasteiger partial charge in [-0.05, 0) is 24.5 Å². The van der Waals surface area contributed by atoms with Gasteiger partial charge in [-0.25, -0.2) is 4.98 Å². The predicted octanol–water partition coefficient (Wildman–Crippen LogP) is 2.78. The van der Waals surface area contributed by atoms with Gasteiger partial charge in [-0.2, -0.15) is 10.1 Å². The van der Waals surface area contributed by atoms with Crippen molar-refractivity contribution in [2.75, 3.05) is 18.0 Å². The molecule has 0 radical (unpaired) electrons. The third-order valence-electron chi connectivity index (χ3n) is 4.11. The molecule has 134 valence electrons. The number of nitrogens with one attached hydrogen (secondary N) is 1. The summed E-state index contributed by atoms with van der Waals surface area (Å²) in [4.78, 5) is 15.3. The summed E-state index contributed by atoms with van der Waals surface area (Å²) in [6.07, 6.45) is 9.41. The molecule has 0 saturated carbocycles. The van der Waals surface area contributed by atoms with Gasteiger partial charge in [-0.15, -0.1) is 24.8 Å². The Kier molecular flexibility index (Phi) is 6.92. The van der Waals surface area contributed by atoms with Gasteiger partial charge >= 0.3 is 0 Å². The zero-order valence-corrected chi connectivity index (χ0v) is 15.2. The van der Waals surface area contributed by atoms with E-state index >= 15 is 0 Å². The summed E-state index contributed by atoms with van der Waals surface area (Å²) >= 11 is 0. The molecule has 0 bridgehead atoms. The van der Waals surface area contributed by atoms with E-state index in [2.05, 4.69) is 30.0 Å². The topological polar surface area (TPSA) is 79.8 Å². The monoisotopic (exact) mass is 382 g/mol. The number of halogens is 2. The Labute approximate surface area is 158 Å². The van der Waals surface area contributed by atoms with Crippen LogP contribution in [0, 0.1) is 0 Å². The molecule has 0 amide bonds. The van der Waals surface area contributed by atoms with Crippen LogP contribution in [0.5, 0.6) is 0 Å². The number of piperidine rings is 1. The number of fused-ring (bicyclic) bond motifs is 1. The molecule has 1 fully saturated rings. The molecular formula is C16H20Cl2N6O. The van der Waals surface area contributed by atoms with Crippen LogP contribution in [0.2, 0.25) is 0 Å². The minimum Gasteiger partial charge on any atom is -0.373 e. The first kappa shape index (κ1) is 19.4. The quantitative estimate of drug-likeness (QED) is 0.746. The summed E-state index contributed by atoms with van der Waals surface area (Å²) in [5.74, 6) is 0.757. The summed E-state index contributed by atoms with van der Waals surface area (Å²) < 4.78 is 5.99. The molecule has 0 atom stereocenters. The molecule has 0 aliphatic carbocycles. The van der Waals surface area contributed by atoms with Gasteiger partial charge in [0.05, 0.1) is 24.3 Å². The van der Waals surface area contributed by atoms with Gasteiger partial charge in [0.1, 0.15) is 0 Å². The van der Waals surface area contributed by atoms with Gasteiger partial charge in [0, 0.05) is 31.7 Å². The van der Waals surface area contributed by atoms with Crippen LogP contribution in [0.1, 0.15) is 18.4 Å². The van der Waals surface area contributed by atoms with E-state index in [4.69, 9.17) is 4.74 Å². The second-order valence-corrected chi connectivity index (χ2v) is 5.70. The zero-order valence-electron chi connectivity index (χ0n) is 13.5. The fourth-order valence-electron chi connectivity index (χ4n) is 2.80. The van der Waals surface area contributed by atoms with Crippen LogP contribution >= 0.6 is 24.8 Å². The van der Waals surface area contributed by atoms with E-state index in [1.807, 2.05) is 24.5 Å². The number of ether oxygens (including phenoxy) is 1. The summed E-state index contributed by atoms with van der Waals surface area (Å²) in [5, 5.41) is 7.80. The molecule has 4 rings (SSSR count). The van der Waals surface area contributed by atoms with E-state index in [0.29, 0.717) is 6.61 Å². The summed E-state index contributed by atoms with van der Waals surface area (Å²) in [6.45, 7) is 2.42. The Balaban J connectivity index is 0.00000113. The van der Waals surface area contributed by atoms with Gasteiger partial charge in [-0.3, -0.25) is 10.1 Å². The van der Waals surface area contributed by atoms with E-state index in [1.54, 1.807) is 12.4 Å². The minimum absolute atomic E-state index is 0. The fraction of sp³-hybridized carbons (Fsp3) is 0.375.